The molecule has 1 rings (SSSR count). The van der Waals surface area contributed by atoms with Crippen LogP contribution < -0.4 is 10.6 Å². The van der Waals surface area contributed by atoms with Crippen LogP contribution >= 0.6 is 15.9 Å². The number of carbonyl (C=O) groups excluding carboxylic acids is 1. The molecule has 0 aliphatic heterocycles. The number of halogens is 2. The molecule has 0 heterocycles. The molecule has 2 N–H and O–H groups in total. The fourth-order valence-corrected chi connectivity index (χ4v) is 2.47. The van der Waals surface area contributed by atoms with Gasteiger partial charge in [-0.05, 0) is 43.4 Å². The summed E-state index contributed by atoms with van der Waals surface area (Å²) in [5.74, 6) is 0.347. The lowest BCUT2D eigenvalue weighted by Crippen LogP contribution is -2.38. The zero-order valence-corrected chi connectivity index (χ0v) is 15.8. The summed E-state index contributed by atoms with van der Waals surface area (Å²) in [6.45, 7) is 1.44. The number of hydrogen-bond donors (Lipinski definition) is 2. The van der Waals surface area contributed by atoms with Crippen LogP contribution in [-0.4, -0.2) is 39.2 Å². The van der Waals surface area contributed by atoms with Gasteiger partial charge < -0.3 is 15.4 Å². The van der Waals surface area contributed by atoms with Gasteiger partial charge >= 0.3 is 5.97 Å². The summed E-state index contributed by atoms with van der Waals surface area (Å²) in [4.78, 5) is 15.1. The van der Waals surface area contributed by atoms with Crippen molar-refractivity contribution in [2.24, 2.45) is 4.99 Å². The molecular weight excluding hydrogens is 377 g/mol. The zero-order chi connectivity index (χ0) is 17.8. The van der Waals surface area contributed by atoms with Crippen molar-refractivity contribution < 1.29 is 13.9 Å². The average molecular weight is 402 g/mol. The normalized spacial score (nSPS) is 11.2. The van der Waals surface area contributed by atoms with Gasteiger partial charge in [0.25, 0.3) is 0 Å². The minimum atomic E-state index is -0.183. The van der Waals surface area contributed by atoms with Crippen LogP contribution in [0.5, 0.6) is 0 Å². The fourth-order valence-electron chi connectivity index (χ4n) is 2.13. The molecule has 134 valence electrons. The van der Waals surface area contributed by atoms with Crippen LogP contribution in [0, 0.1) is 5.82 Å². The number of esters is 1. The Hall–Kier alpha value is -1.63. The van der Waals surface area contributed by atoms with Crippen LogP contribution in [0.15, 0.2) is 27.7 Å². The van der Waals surface area contributed by atoms with Crippen molar-refractivity contribution in [3.8, 4) is 0 Å². The van der Waals surface area contributed by atoms with E-state index in [4.69, 9.17) is 0 Å². The highest BCUT2D eigenvalue weighted by atomic mass is 79.9. The Morgan fingerprint density at radius 2 is 1.96 bits per heavy atom. The Balaban J connectivity index is 2.16. The number of hydrogen-bond acceptors (Lipinski definition) is 3. The molecule has 0 aromatic heterocycles. The first-order chi connectivity index (χ1) is 11.6. The maximum atomic E-state index is 13.7. The van der Waals surface area contributed by atoms with E-state index >= 15 is 0 Å². The number of guanidine groups is 1. The molecule has 0 amide bonds. The lowest BCUT2D eigenvalue weighted by atomic mass is 10.1. The lowest BCUT2D eigenvalue weighted by Gasteiger charge is -2.12. The number of carbonyl (C=O) groups is 1. The number of nitrogens with zero attached hydrogens (tertiary/aromatic N) is 1. The van der Waals surface area contributed by atoms with Crippen molar-refractivity contribution in [3.05, 3.63) is 34.1 Å². The molecule has 7 heteroatoms. The van der Waals surface area contributed by atoms with Gasteiger partial charge in [0.05, 0.1) is 7.11 Å². The quantitative estimate of drug-likeness (QED) is 0.289. The van der Waals surface area contributed by atoms with E-state index in [0.717, 1.165) is 30.3 Å². The topological polar surface area (TPSA) is 62.7 Å². The first kappa shape index (κ1) is 20.4. The molecule has 0 bridgehead atoms. The molecule has 0 fully saturated rings. The molecule has 0 aliphatic carbocycles. The van der Waals surface area contributed by atoms with Gasteiger partial charge in [-0.1, -0.05) is 22.0 Å². The van der Waals surface area contributed by atoms with E-state index in [1.54, 1.807) is 13.1 Å². The Kier molecular flexibility index (Phi) is 10.1. The third-order valence-corrected chi connectivity index (χ3v) is 3.98. The second-order valence-corrected chi connectivity index (χ2v) is 6.21. The summed E-state index contributed by atoms with van der Waals surface area (Å²) < 4.78 is 19.0. The minimum Gasteiger partial charge on any atom is -0.469 e. The van der Waals surface area contributed by atoms with Gasteiger partial charge in [-0.3, -0.25) is 9.79 Å². The number of rotatable bonds is 9. The number of aryl methyl sites for hydroxylation is 1. The van der Waals surface area contributed by atoms with E-state index in [0.29, 0.717) is 30.9 Å². The number of aliphatic imine (C=N–C) groups is 1. The molecule has 0 saturated carbocycles. The molecule has 0 saturated heterocycles. The molecular formula is C17H25BrFN3O2. The van der Waals surface area contributed by atoms with E-state index in [1.165, 1.54) is 13.2 Å². The highest BCUT2D eigenvalue weighted by Crippen LogP contribution is 2.16. The van der Waals surface area contributed by atoms with E-state index in [9.17, 15) is 9.18 Å². The second-order valence-electron chi connectivity index (χ2n) is 5.30. The Morgan fingerprint density at radius 3 is 2.58 bits per heavy atom. The summed E-state index contributed by atoms with van der Waals surface area (Å²) in [7, 11) is 3.10. The monoisotopic (exact) mass is 401 g/mol. The van der Waals surface area contributed by atoms with Crippen LogP contribution in [0.25, 0.3) is 0 Å². The van der Waals surface area contributed by atoms with Gasteiger partial charge in [0.2, 0.25) is 0 Å². The third kappa shape index (κ3) is 8.29. The van der Waals surface area contributed by atoms with Gasteiger partial charge in [-0.25, -0.2) is 4.39 Å². The number of ether oxygens (including phenoxy) is 1. The largest absolute Gasteiger partial charge is 0.469 e. The highest BCUT2D eigenvalue weighted by molar-refractivity contribution is 9.10. The summed E-state index contributed by atoms with van der Waals surface area (Å²) in [6.07, 6.45) is 3.55. The highest BCUT2D eigenvalue weighted by Gasteiger charge is 2.03. The SMILES string of the molecule is CN=C(NCCCCC(=O)OC)NCCCc1ccc(Br)cc1F. The first-order valence-electron chi connectivity index (χ1n) is 8.02. The number of nitrogens with one attached hydrogen (secondary N) is 2. The van der Waals surface area contributed by atoms with Crippen molar-refractivity contribution in [3.63, 3.8) is 0 Å². The standard InChI is InChI=1S/C17H25BrFN3O2/c1-20-17(21-10-4-3-7-16(23)24-2)22-11-5-6-13-8-9-14(18)12-15(13)19/h8-9,12H,3-7,10-11H2,1-2H3,(H2,20,21,22). The second kappa shape index (κ2) is 11.8. The Morgan fingerprint density at radius 1 is 1.25 bits per heavy atom. The molecule has 0 spiro atoms. The average Bonchev–Trinajstić information content (AvgIpc) is 2.57. The molecule has 1 aromatic rings. The third-order valence-electron chi connectivity index (χ3n) is 3.48. The van der Waals surface area contributed by atoms with E-state index in [-0.39, 0.29) is 11.8 Å². The van der Waals surface area contributed by atoms with Crippen molar-refractivity contribution in [2.75, 3.05) is 27.2 Å². The van der Waals surface area contributed by atoms with Crippen molar-refractivity contribution in [1.82, 2.24) is 10.6 Å². The molecule has 0 aliphatic rings. The summed E-state index contributed by atoms with van der Waals surface area (Å²) in [5.41, 5.74) is 0.714. The zero-order valence-electron chi connectivity index (χ0n) is 14.2. The predicted octanol–water partition coefficient (Wildman–Crippen LogP) is 3.03. The number of methoxy groups -OCH3 is 1. The maximum Gasteiger partial charge on any atom is 0.305 e. The van der Waals surface area contributed by atoms with Crippen molar-refractivity contribution in [1.29, 1.82) is 0 Å². The fraction of sp³-hybridized carbons (Fsp3) is 0.529. The molecule has 0 unspecified atom stereocenters. The van der Waals surface area contributed by atoms with Crippen LogP contribution in [0.1, 0.15) is 31.2 Å². The first-order valence-corrected chi connectivity index (χ1v) is 8.81. The Labute approximate surface area is 151 Å². The minimum absolute atomic E-state index is 0.183. The van der Waals surface area contributed by atoms with Gasteiger partial charge in [0, 0.05) is 31.0 Å². The van der Waals surface area contributed by atoms with Gasteiger partial charge in [-0.15, -0.1) is 0 Å². The predicted molar refractivity (Wildman–Crippen MR) is 97.7 cm³/mol. The molecule has 24 heavy (non-hydrogen) atoms. The van der Waals surface area contributed by atoms with E-state index < -0.39 is 0 Å². The lowest BCUT2D eigenvalue weighted by molar-refractivity contribution is -0.140. The van der Waals surface area contributed by atoms with E-state index in [2.05, 4.69) is 36.3 Å². The van der Waals surface area contributed by atoms with Crippen LogP contribution in [0.2, 0.25) is 0 Å². The van der Waals surface area contributed by atoms with Crippen LogP contribution in [0.4, 0.5) is 4.39 Å². The molecule has 1 aromatic carbocycles. The number of unbranched alkanes of at least 4 members (excludes halogenated alkanes) is 1. The Bertz CT molecular complexity index is 553. The van der Waals surface area contributed by atoms with Crippen LogP contribution in [0.3, 0.4) is 0 Å². The summed E-state index contributed by atoms with van der Waals surface area (Å²) in [6, 6.07) is 5.13. The summed E-state index contributed by atoms with van der Waals surface area (Å²) >= 11 is 3.25. The maximum absolute atomic E-state index is 13.7. The molecule has 0 radical (unpaired) electrons. The van der Waals surface area contributed by atoms with Crippen LogP contribution in [-0.2, 0) is 16.0 Å². The van der Waals surface area contributed by atoms with Gasteiger partial charge in [-0.2, -0.15) is 0 Å². The van der Waals surface area contributed by atoms with Gasteiger partial charge in [0.1, 0.15) is 5.82 Å². The van der Waals surface area contributed by atoms with E-state index in [1.807, 2.05) is 6.07 Å². The van der Waals surface area contributed by atoms with Gasteiger partial charge in [0.15, 0.2) is 5.96 Å². The molecule has 5 nitrogen and oxygen atoms in total. The molecule has 0 atom stereocenters. The summed E-state index contributed by atoms with van der Waals surface area (Å²) in [5, 5.41) is 6.38. The number of benzene rings is 1. The van der Waals surface area contributed by atoms with Crippen molar-refractivity contribution >= 4 is 27.9 Å². The van der Waals surface area contributed by atoms with Crippen molar-refractivity contribution in [2.45, 2.75) is 32.1 Å². The smallest absolute Gasteiger partial charge is 0.305 e.